The Morgan fingerprint density at radius 1 is 1.19 bits per heavy atom. The van der Waals surface area contributed by atoms with E-state index in [0.29, 0.717) is 23.6 Å². The van der Waals surface area contributed by atoms with E-state index in [2.05, 4.69) is 21.4 Å². The van der Waals surface area contributed by atoms with Crippen molar-refractivity contribution in [3.63, 3.8) is 0 Å². The molecule has 0 saturated carbocycles. The van der Waals surface area contributed by atoms with Crippen LogP contribution in [0.3, 0.4) is 0 Å². The maximum Gasteiger partial charge on any atom is 0.201 e. The van der Waals surface area contributed by atoms with E-state index in [0.717, 1.165) is 22.5 Å². The van der Waals surface area contributed by atoms with Crippen molar-refractivity contribution in [2.45, 2.75) is 6.42 Å². The quantitative estimate of drug-likeness (QED) is 0.771. The van der Waals surface area contributed by atoms with Crippen LogP contribution < -0.4 is 5.32 Å². The molecule has 104 valence electrons. The summed E-state index contributed by atoms with van der Waals surface area (Å²) < 4.78 is 0. The molecule has 0 atom stereocenters. The van der Waals surface area contributed by atoms with Crippen LogP contribution in [0.4, 0.5) is 5.95 Å². The lowest BCUT2D eigenvalue weighted by Crippen LogP contribution is -2.06. The Hall–Kier alpha value is -2.51. The van der Waals surface area contributed by atoms with E-state index in [9.17, 15) is 0 Å². The SMILES string of the molecule is N#Cc1cccc2[nH]c(NCCc3ccccc3Cl)nc12. The maximum atomic E-state index is 9.06. The molecule has 2 aromatic carbocycles. The van der Waals surface area contributed by atoms with Crippen molar-refractivity contribution in [2.24, 2.45) is 0 Å². The monoisotopic (exact) mass is 296 g/mol. The van der Waals surface area contributed by atoms with Crippen LogP contribution in [0.1, 0.15) is 11.1 Å². The maximum absolute atomic E-state index is 9.06. The second-order valence-electron chi connectivity index (χ2n) is 4.67. The standard InChI is InChI=1S/C16H13ClN4/c17-13-6-2-1-4-11(13)8-9-19-16-20-14-7-3-5-12(10-18)15(14)21-16/h1-7H,8-9H2,(H2,19,20,21). The van der Waals surface area contributed by atoms with Gasteiger partial charge in [-0.1, -0.05) is 35.9 Å². The molecule has 3 rings (SSSR count). The van der Waals surface area contributed by atoms with Gasteiger partial charge in [0.1, 0.15) is 11.6 Å². The number of fused-ring (bicyclic) bond motifs is 1. The lowest BCUT2D eigenvalue weighted by Gasteiger charge is -2.04. The first-order chi connectivity index (χ1) is 10.3. The highest BCUT2D eigenvalue weighted by Crippen LogP contribution is 2.19. The van der Waals surface area contributed by atoms with Gasteiger partial charge in [-0.3, -0.25) is 0 Å². The van der Waals surface area contributed by atoms with Crippen LogP contribution in [0.15, 0.2) is 42.5 Å². The third-order valence-corrected chi connectivity index (χ3v) is 3.65. The molecule has 5 heteroatoms. The van der Waals surface area contributed by atoms with Gasteiger partial charge in [0.2, 0.25) is 5.95 Å². The van der Waals surface area contributed by atoms with Crippen LogP contribution in [0, 0.1) is 11.3 Å². The summed E-state index contributed by atoms with van der Waals surface area (Å²) in [6, 6.07) is 15.4. The Labute approximate surface area is 127 Å². The number of hydrogen-bond donors (Lipinski definition) is 2. The molecule has 0 bridgehead atoms. The predicted molar refractivity (Wildman–Crippen MR) is 84.5 cm³/mol. The molecular weight excluding hydrogens is 284 g/mol. The first-order valence-corrected chi connectivity index (χ1v) is 7.02. The molecule has 1 aromatic heterocycles. The highest BCUT2D eigenvalue weighted by atomic mass is 35.5. The molecule has 0 amide bonds. The van der Waals surface area contributed by atoms with Crippen molar-refractivity contribution < 1.29 is 0 Å². The summed E-state index contributed by atoms with van der Waals surface area (Å²) in [6.45, 7) is 0.714. The van der Waals surface area contributed by atoms with E-state index < -0.39 is 0 Å². The van der Waals surface area contributed by atoms with Crippen LogP contribution in [-0.2, 0) is 6.42 Å². The normalized spacial score (nSPS) is 10.5. The molecule has 3 aromatic rings. The third-order valence-electron chi connectivity index (χ3n) is 3.28. The van der Waals surface area contributed by atoms with Gasteiger partial charge in [-0.05, 0) is 30.2 Å². The summed E-state index contributed by atoms with van der Waals surface area (Å²) in [4.78, 5) is 7.58. The van der Waals surface area contributed by atoms with Gasteiger partial charge >= 0.3 is 0 Å². The molecule has 4 nitrogen and oxygen atoms in total. The second kappa shape index (κ2) is 5.86. The molecule has 0 fully saturated rings. The molecule has 0 spiro atoms. The summed E-state index contributed by atoms with van der Waals surface area (Å²) in [6.07, 6.45) is 0.807. The fourth-order valence-electron chi connectivity index (χ4n) is 2.22. The Kier molecular flexibility index (Phi) is 3.76. The molecule has 1 heterocycles. The Balaban J connectivity index is 1.72. The Morgan fingerprint density at radius 3 is 2.86 bits per heavy atom. The van der Waals surface area contributed by atoms with Gasteiger partial charge in [0.15, 0.2) is 0 Å². The molecule has 0 unspecified atom stereocenters. The number of nitrogens with zero attached hydrogens (tertiary/aromatic N) is 2. The summed E-state index contributed by atoms with van der Waals surface area (Å²) in [5.41, 5.74) is 3.22. The Bertz CT molecular complexity index is 817. The van der Waals surface area contributed by atoms with E-state index in [-0.39, 0.29) is 0 Å². The van der Waals surface area contributed by atoms with Crippen molar-refractivity contribution in [3.05, 3.63) is 58.6 Å². The first-order valence-electron chi connectivity index (χ1n) is 6.64. The van der Waals surface area contributed by atoms with Gasteiger partial charge in [-0.15, -0.1) is 0 Å². The first kappa shape index (κ1) is 13.5. The zero-order valence-corrected chi connectivity index (χ0v) is 12.0. The van der Waals surface area contributed by atoms with E-state index in [1.807, 2.05) is 36.4 Å². The number of H-pyrrole nitrogens is 1. The molecule has 0 aliphatic rings. The number of imidazole rings is 1. The van der Waals surface area contributed by atoms with Crippen LogP contribution in [-0.4, -0.2) is 16.5 Å². The molecule has 21 heavy (non-hydrogen) atoms. The van der Waals surface area contributed by atoms with Crippen LogP contribution >= 0.6 is 11.6 Å². The van der Waals surface area contributed by atoms with Crippen molar-refractivity contribution in [2.75, 3.05) is 11.9 Å². The lowest BCUT2D eigenvalue weighted by molar-refractivity contribution is 1.000. The summed E-state index contributed by atoms with van der Waals surface area (Å²) in [5, 5.41) is 13.1. The number of aromatic amines is 1. The zero-order chi connectivity index (χ0) is 14.7. The smallest absolute Gasteiger partial charge is 0.201 e. The van der Waals surface area contributed by atoms with Gasteiger partial charge in [-0.25, -0.2) is 4.98 Å². The summed E-state index contributed by atoms with van der Waals surface area (Å²) in [7, 11) is 0. The number of rotatable bonds is 4. The van der Waals surface area contributed by atoms with Crippen molar-refractivity contribution in [1.29, 1.82) is 5.26 Å². The lowest BCUT2D eigenvalue weighted by atomic mass is 10.1. The van der Waals surface area contributed by atoms with E-state index in [1.54, 1.807) is 6.07 Å². The third kappa shape index (κ3) is 2.83. The number of nitriles is 1. The fraction of sp³-hybridized carbons (Fsp3) is 0.125. The molecule has 0 saturated heterocycles. The minimum Gasteiger partial charge on any atom is -0.355 e. The molecule has 0 aliphatic carbocycles. The predicted octanol–water partition coefficient (Wildman–Crippen LogP) is 3.74. The molecule has 2 N–H and O–H groups in total. The van der Waals surface area contributed by atoms with Crippen molar-refractivity contribution >= 4 is 28.6 Å². The van der Waals surface area contributed by atoms with Gasteiger partial charge in [0.25, 0.3) is 0 Å². The van der Waals surface area contributed by atoms with Crippen molar-refractivity contribution in [3.8, 4) is 6.07 Å². The zero-order valence-electron chi connectivity index (χ0n) is 11.2. The fourth-order valence-corrected chi connectivity index (χ4v) is 2.45. The van der Waals surface area contributed by atoms with Gasteiger partial charge in [0.05, 0.1) is 11.1 Å². The number of aromatic nitrogens is 2. The van der Waals surface area contributed by atoms with E-state index in [1.165, 1.54) is 0 Å². The average Bonchev–Trinajstić information content (AvgIpc) is 2.92. The Morgan fingerprint density at radius 2 is 2.05 bits per heavy atom. The average molecular weight is 297 g/mol. The second-order valence-corrected chi connectivity index (χ2v) is 5.07. The van der Waals surface area contributed by atoms with Crippen LogP contribution in [0.2, 0.25) is 5.02 Å². The van der Waals surface area contributed by atoms with Gasteiger partial charge in [0, 0.05) is 11.6 Å². The minimum atomic E-state index is 0.572. The van der Waals surface area contributed by atoms with Crippen LogP contribution in [0.25, 0.3) is 11.0 Å². The van der Waals surface area contributed by atoms with Crippen molar-refractivity contribution in [1.82, 2.24) is 9.97 Å². The minimum absolute atomic E-state index is 0.572. The molecular formula is C16H13ClN4. The summed E-state index contributed by atoms with van der Waals surface area (Å²) in [5.74, 6) is 0.666. The van der Waals surface area contributed by atoms with Crippen LogP contribution in [0.5, 0.6) is 0 Å². The number of hydrogen-bond acceptors (Lipinski definition) is 3. The topological polar surface area (TPSA) is 64.5 Å². The largest absolute Gasteiger partial charge is 0.355 e. The number of anilines is 1. The summed E-state index contributed by atoms with van der Waals surface area (Å²) >= 11 is 6.12. The molecule has 0 aliphatic heterocycles. The molecule has 0 radical (unpaired) electrons. The number of para-hydroxylation sites is 1. The highest BCUT2D eigenvalue weighted by Gasteiger charge is 2.06. The van der Waals surface area contributed by atoms with Gasteiger partial charge < -0.3 is 10.3 Å². The number of benzene rings is 2. The number of halogens is 1. The van der Waals surface area contributed by atoms with E-state index in [4.69, 9.17) is 16.9 Å². The number of nitrogens with one attached hydrogen (secondary N) is 2. The highest BCUT2D eigenvalue weighted by molar-refractivity contribution is 6.31. The van der Waals surface area contributed by atoms with Gasteiger partial charge in [-0.2, -0.15) is 5.26 Å². The van der Waals surface area contributed by atoms with E-state index >= 15 is 0 Å².